The predicted molar refractivity (Wildman–Crippen MR) is 115 cm³/mol. The minimum absolute atomic E-state index is 0.0638. The normalized spacial score (nSPS) is 14.8. The summed E-state index contributed by atoms with van der Waals surface area (Å²) in [5.74, 6) is -0.0638. The Morgan fingerprint density at radius 2 is 1.75 bits per heavy atom. The first-order chi connectivity index (χ1) is 13.7. The van der Waals surface area contributed by atoms with Gasteiger partial charge >= 0.3 is 0 Å². The Bertz CT molecular complexity index is 1190. The van der Waals surface area contributed by atoms with Crippen molar-refractivity contribution in [3.63, 3.8) is 0 Å². The van der Waals surface area contributed by atoms with Gasteiger partial charge in [0, 0.05) is 30.7 Å². The molecule has 0 bridgehead atoms. The Labute approximate surface area is 174 Å². The summed E-state index contributed by atoms with van der Waals surface area (Å²) in [4.78, 5) is 30.5. The molecule has 8 heteroatoms. The average Bonchev–Trinajstić information content (AvgIpc) is 3.16. The second kappa shape index (κ2) is 7.10. The maximum absolute atomic E-state index is 12.9. The Morgan fingerprint density at radius 1 is 0.964 bits per heavy atom. The van der Waals surface area contributed by atoms with Gasteiger partial charge in [-0.15, -0.1) is 0 Å². The van der Waals surface area contributed by atoms with E-state index in [9.17, 15) is 4.79 Å². The maximum atomic E-state index is 12.9. The number of hydrogen-bond acceptors (Lipinski definition) is 6. The van der Waals surface area contributed by atoms with Crippen LogP contribution in [0.15, 0.2) is 53.1 Å². The lowest BCUT2D eigenvalue weighted by Crippen LogP contribution is -2.49. The fraction of sp³-hybridized carbons (Fsp3) is 0.200. The number of fused-ring (bicyclic) bond motifs is 2. The van der Waals surface area contributed by atoms with Crippen LogP contribution in [0.5, 0.6) is 0 Å². The Morgan fingerprint density at radius 3 is 2.57 bits per heavy atom. The van der Waals surface area contributed by atoms with E-state index in [1.165, 1.54) is 0 Å². The van der Waals surface area contributed by atoms with Crippen molar-refractivity contribution in [2.45, 2.75) is 0 Å². The number of nitrogens with zero attached hydrogens (tertiary/aromatic N) is 5. The van der Waals surface area contributed by atoms with Crippen LogP contribution in [0, 0.1) is 0 Å². The van der Waals surface area contributed by atoms with Crippen LogP contribution in [0.1, 0.15) is 10.5 Å². The first kappa shape index (κ1) is 17.5. The SMILES string of the molecule is O=C(c1cnc2ccccc2n1)N1CCN(c2nc3ccc(Br)cc3s2)CC1. The molecule has 2 aromatic carbocycles. The highest BCUT2D eigenvalue weighted by Gasteiger charge is 2.25. The number of para-hydroxylation sites is 2. The van der Waals surface area contributed by atoms with Gasteiger partial charge in [0.25, 0.3) is 5.91 Å². The Balaban J connectivity index is 1.30. The number of benzene rings is 2. The van der Waals surface area contributed by atoms with E-state index in [1.54, 1.807) is 17.5 Å². The van der Waals surface area contributed by atoms with Crippen LogP contribution in [-0.4, -0.2) is 51.9 Å². The van der Waals surface area contributed by atoms with Crippen molar-refractivity contribution in [3.8, 4) is 0 Å². The summed E-state index contributed by atoms with van der Waals surface area (Å²) >= 11 is 5.19. The largest absolute Gasteiger partial charge is 0.345 e. The van der Waals surface area contributed by atoms with Gasteiger partial charge in [-0.2, -0.15) is 0 Å². The number of amides is 1. The highest BCUT2D eigenvalue weighted by atomic mass is 79.9. The lowest BCUT2D eigenvalue weighted by Gasteiger charge is -2.34. The van der Waals surface area contributed by atoms with E-state index in [2.05, 4.69) is 36.9 Å². The second-order valence-electron chi connectivity index (χ2n) is 6.63. The maximum Gasteiger partial charge on any atom is 0.274 e. The summed E-state index contributed by atoms with van der Waals surface area (Å²) in [7, 11) is 0. The summed E-state index contributed by atoms with van der Waals surface area (Å²) in [5, 5.41) is 1.01. The molecular formula is C20H16BrN5OS. The summed E-state index contributed by atoms with van der Waals surface area (Å²) in [5.41, 5.74) is 2.95. The van der Waals surface area contributed by atoms with E-state index in [0.29, 0.717) is 18.8 Å². The molecule has 0 N–H and O–H groups in total. The number of thiazole rings is 1. The molecule has 5 rings (SSSR count). The Kier molecular flexibility index (Phi) is 4.44. The lowest BCUT2D eigenvalue weighted by atomic mass is 10.2. The van der Waals surface area contributed by atoms with Crippen LogP contribution in [-0.2, 0) is 0 Å². The van der Waals surface area contributed by atoms with Crippen molar-refractivity contribution in [1.82, 2.24) is 19.9 Å². The van der Waals surface area contributed by atoms with Crippen LogP contribution in [0.2, 0.25) is 0 Å². The number of piperazine rings is 1. The van der Waals surface area contributed by atoms with Crippen LogP contribution in [0.4, 0.5) is 5.13 Å². The fourth-order valence-electron chi connectivity index (χ4n) is 3.34. The average molecular weight is 454 g/mol. The van der Waals surface area contributed by atoms with Gasteiger partial charge in [0.05, 0.1) is 27.4 Å². The van der Waals surface area contributed by atoms with Crippen LogP contribution in [0.3, 0.4) is 0 Å². The van der Waals surface area contributed by atoms with E-state index >= 15 is 0 Å². The summed E-state index contributed by atoms with van der Waals surface area (Å²) in [6.45, 7) is 2.81. The van der Waals surface area contributed by atoms with Gasteiger partial charge in [0.2, 0.25) is 0 Å². The van der Waals surface area contributed by atoms with Crippen LogP contribution in [0.25, 0.3) is 21.3 Å². The third-order valence-corrected chi connectivity index (χ3v) is 6.42. The molecule has 6 nitrogen and oxygen atoms in total. The van der Waals surface area contributed by atoms with Gasteiger partial charge in [0.1, 0.15) is 5.69 Å². The molecule has 1 aliphatic heterocycles. The molecule has 0 aliphatic carbocycles. The molecule has 28 heavy (non-hydrogen) atoms. The topological polar surface area (TPSA) is 62.2 Å². The summed E-state index contributed by atoms with van der Waals surface area (Å²) in [6.07, 6.45) is 1.57. The zero-order valence-electron chi connectivity index (χ0n) is 14.9. The Hall–Kier alpha value is -2.58. The van der Waals surface area contributed by atoms with Crippen molar-refractivity contribution >= 4 is 59.6 Å². The molecule has 4 aromatic rings. The van der Waals surface area contributed by atoms with E-state index in [0.717, 1.165) is 43.9 Å². The fourth-order valence-corrected chi connectivity index (χ4v) is 4.91. The molecule has 1 fully saturated rings. The van der Waals surface area contributed by atoms with Crippen LogP contribution >= 0.6 is 27.3 Å². The predicted octanol–water partition coefficient (Wildman–Crippen LogP) is 3.96. The molecule has 140 valence electrons. The lowest BCUT2D eigenvalue weighted by molar-refractivity contribution is 0.0741. The van der Waals surface area contributed by atoms with Gasteiger partial charge in [-0.25, -0.2) is 9.97 Å². The van der Waals surface area contributed by atoms with Crippen molar-refractivity contribution in [2.24, 2.45) is 0 Å². The highest BCUT2D eigenvalue weighted by Crippen LogP contribution is 2.31. The van der Waals surface area contributed by atoms with E-state index in [4.69, 9.17) is 4.98 Å². The summed E-state index contributed by atoms with van der Waals surface area (Å²) < 4.78 is 2.22. The molecule has 2 aromatic heterocycles. The zero-order valence-corrected chi connectivity index (χ0v) is 17.3. The monoisotopic (exact) mass is 453 g/mol. The standard InChI is InChI=1S/C20H16BrN5OS/c21-13-5-6-16-18(11-13)28-20(24-16)26-9-7-25(8-10-26)19(27)17-12-22-14-3-1-2-4-15(14)23-17/h1-6,11-12H,7-10H2. The molecule has 0 atom stereocenters. The quantitative estimate of drug-likeness (QED) is 0.459. The minimum atomic E-state index is -0.0638. The molecule has 0 unspecified atom stereocenters. The molecule has 3 heterocycles. The number of halogens is 1. The van der Waals surface area contributed by atoms with Gasteiger partial charge < -0.3 is 9.80 Å². The molecule has 0 radical (unpaired) electrons. The van der Waals surface area contributed by atoms with Crippen molar-refractivity contribution < 1.29 is 4.79 Å². The molecule has 1 saturated heterocycles. The molecule has 0 spiro atoms. The second-order valence-corrected chi connectivity index (χ2v) is 8.56. The summed E-state index contributed by atoms with van der Waals surface area (Å²) in [6, 6.07) is 13.7. The first-order valence-electron chi connectivity index (χ1n) is 8.99. The zero-order chi connectivity index (χ0) is 19.1. The van der Waals surface area contributed by atoms with Gasteiger partial charge in [-0.3, -0.25) is 9.78 Å². The van der Waals surface area contributed by atoms with Crippen molar-refractivity contribution in [1.29, 1.82) is 0 Å². The number of rotatable bonds is 2. The number of carbonyl (C=O) groups excluding carboxylic acids is 1. The van der Waals surface area contributed by atoms with Crippen molar-refractivity contribution in [2.75, 3.05) is 31.1 Å². The third kappa shape index (κ3) is 3.22. The van der Waals surface area contributed by atoms with E-state index in [-0.39, 0.29) is 5.91 Å². The van der Waals surface area contributed by atoms with Crippen LogP contribution < -0.4 is 4.90 Å². The number of carbonyl (C=O) groups is 1. The van der Waals surface area contributed by atoms with Gasteiger partial charge in [0.15, 0.2) is 5.13 Å². The molecule has 1 aliphatic rings. The van der Waals surface area contributed by atoms with E-state index in [1.807, 2.05) is 41.3 Å². The van der Waals surface area contributed by atoms with E-state index < -0.39 is 0 Å². The van der Waals surface area contributed by atoms with Crippen molar-refractivity contribution in [3.05, 3.63) is 58.8 Å². The van der Waals surface area contributed by atoms with Gasteiger partial charge in [-0.1, -0.05) is 39.4 Å². The molecule has 0 saturated carbocycles. The first-order valence-corrected chi connectivity index (χ1v) is 10.6. The number of anilines is 1. The number of hydrogen-bond donors (Lipinski definition) is 0. The smallest absolute Gasteiger partial charge is 0.274 e. The van der Waals surface area contributed by atoms with Gasteiger partial charge in [-0.05, 0) is 30.3 Å². The number of aromatic nitrogens is 3. The third-order valence-electron chi connectivity index (χ3n) is 4.84. The highest BCUT2D eigenvalue weighted by molar-refractivity contribution is 9.10. The minimum Gasteiger partial charge on any atom is -0.345 e. The molecule has 1 amide bonds. The molecular weight excluding hydrogens is 438 g/mol.